The van der Waals surface area contributed by atoms with E-state index < -0.39 is 0 Å². The quantitative estimate of drug-likeness (QED) is 0.258. The van der Waals surface area contributed by atoms with Crippen LogP contribution in [0.2, 0.25) is 0 Å². The molecule has 1 unspecified atom stereocenters. The van der Waals surface area contributed by atoms with Crippen molar-refractivity contribution in [1.82, 2.24) is 24.5 Å². The van der Waals surface area contributed by atoms with Crippen LogP contribution in [-0.4, -0.2) is 55.7 Å². The number of aromatic nitrogens is 5. The van der Waals surface area contributed by atoms with Gasteiger partial charge < -0.3 is 19.4 Å². The van der Waals surface area contributed by atoms with Gasteiger partial charge in [-0.05, 0) is 49.9 Å². The van der Waals surface area contributed by atoms with Gasteiger partial charge >= 0.3 is 0 Å². The van der Waals surface area contributed by atoms with Crippen molar-refractivity contribution in [3.05, 3.63) is 90.4 Å². The van der Waals surface area contributed by atoms with Crippen molar-refractivity contribution in [1.29, 1.82) is 0 Å². The van der Waals surface area contributed by atoms with E-state index in [4.69, 9.17) is 9.47 Å². The van der Waals surface area contributed by atoms with Gasteiger partial charge in [0.1, 0.15) is 12.0 Å². The molecule has 1 saturated heterocycles. The smallest absolute Gasteiger partial charge is 0.228 e. The Kier molecular flexibility index (Phi) is 7.75. The number of benzene rings is 1. The Morgan fingerprint density at radius 1 is 1.12 bits per heavy atom. The molecule has 0 bridgehead atoms. The number of hydrogen-bond acceptors (Lipinski definition) is 8. The van der Waals surface area contributed by atoms with Crippen LogP contribution in [0.1, 0.15) is 53.7 Å². The summed E-state index contributed by atoms with van der Waals surface area (Å²) < 4.78 is 13.6. The Hall–Kier alpha value is -4.54. The van der Waals surface area contributed by atoms with E-state index in [1.165, 1.54) is 18.7 Å². The van der Waals surface area contributed by atoms with Crippen molar-refractivity contribution < 1.29 is 19.1 Å². The lowest BCUT2D eigenvalue weighted by Crippen LogP contribution is -2.25. The Bertz CT molecular complexity index is 1710. The van der Waals surface area contributed by atoms with Crippen LogP contribution in [0, 0.1) is 0 Å². The molecule has 5 aromatic rings. The average molecular weight is 551 g/mol. The number of ketones is 1. The Morgan fingerprint density at radius 3 is 2.93 bits per heavy atom. The molecular formula is C31H30N6O4. The van der Waals surface area contributed by atoms with Crippen molar-refractivity contribution in [2.45, 2.75) is 44.9 Å². The SMILES string of the molecule is C[C@H](COC1CCCCO1)n1cc(C(=O)c2cncc(NC(=O)Cc3ccc4cccnc4c3)c2)c2cncnc21. The van der Waals surface area contributed by atoms with Crippen LogP contribution >= 0.6 is 0 Å². The minimum absolute atomic E-state index is 0.0893. The minimum Gasteiger partial charge on any atom is -0.353 e. The zero-order chi connectivity index (χ0) is 28.2. The number of ether oxygens (including phenoxy) is 2. The predicted octanol–water partition coefficient (Wildman–Crippen LogP) is 4.89. The van der Waals surface area contributed by atoms with Gasteiger partial charge in [-0.3, -0.25) is 19.6 Å². The third-order valence-corrected chi connectivity index (χ3v) is 7.19. The lowest BCUT2D eigenvalue weighted by Gasteiger charge is -2.24. The summed E-state index contributed by atoms with van der Waals surface area (Å²) in [6, 6.07) is 11.2. The van der Waals surface area contributed by atoms with Crippen molar-refractivity contribution >= 4 is 39.3 Å². The van der Waals surface area contributed by atoms with Gasteiger partial charge in [-0.2, -0.15) is 0 Å². The second-order valence-corrected chi connectivity index (χ2v) is 10.2. The van der Waals surface area contributed by atoms with E-state index in [2.05, 4.69) is 25.3 Å². The summed E-state index contributed by atoms with van der Waals surface area (Å²) in [5, 5.41) is 4.51. The van der Waals surface area contributed by atoms with Crippen LogP contribution < -0.4 is 5.32 Å². The normalized spacial score (nSPS) is 16.1. The van der Waals surface area contributed by atoms with Crippen LogP contribution in [0.15, 0.2) is 73.7 Å². The maximum Gasteiger partial charge on any atom is 0.228 e. The highest BCUT2D eigenvalue weighted by Crippen LogP contribution is 2.26. The number of nitrogens with one attached hydrogen (secondary N) is 1. The molecule has 0 aliphatic carbocycles. The standard InChI is InChI=1S/C31H30N6O4/c1-20(18-41-29-6-2-3-10-40-29)37-17-26(25-16-33-19-35-31(25)37)30(39)23-13-24(15-32-14-23)36-28(38)12-21-7-8-22-5-4-9-34-27(22)11-21/h4-5,7-9,11,13-17,19-20,29H,2-3,6,10,12,18H2,1H3,(H,36,38)/t20-,29?/m1/s1. The number of nitrogens with zero attached hydrogens (tertiary/aromatic N) is 5. The monoisotopic (exact) mass is 550 g/mol. The van der Waals surface area contributed by atoms with Gasteiger partial charge in [0.2, 0.25) is 5.91 Å². The number of carbonyl (C=O) groups excluding carboxylic acids is 2. The second-order valence-electron chi connectivity index (χ2n) is 10.2. The fourth-order valence-corrected chi connectivity index (χ4v) is 5.08. The van der Waals surface area contributed by atoms with Gasteiger partial charge in [-0.15, -0.1) is 0 Å². The molecule has 4 aromatic heterocycles. The Labute approximate surface area is 236 Å². The molecule has 1 fully saturated rings. The first-order valence-corrected chi connectivity index (χ1v) is 13.7. The molecule has 1 aliphatic heterocycles. The summed E-state index contributed by atoms with van der Waals surface area (Å²) in [6.45, 7) is 3.15. The summed E-state index contributed by atoms with van der Waals surface area (Å²) in [5.41, 5.74) is 3.56. The largest absolute Gasteiger partial charge is 0.353 e. The fourth-order valence-electron chi connectivity index (χ4n) is 5.08. The summed E-state index contributed by atoms with van der Waals surface area (Å²) >= 11 is 0. The maximum atomic E-state index is 13.7. The van der Waals surface area contributed by atoms with Gasteiger partial charge in [0.15, 0.2) is 12.1 Å². The van der Waals surface area contributed by atoms with Crippen LogP contribution in [0.4, 0.5) is 5.69 Å². The molecule has 0 saturated carbocycles. The molecule has 5 heterocycles. The summed E-state index contributed by atoms with van der Waals surface area (Å²) in [6.07, 6.45) is 12.6. The molecule has 1 aliphatic rings. The van der Waals surface area contributed by atoms with Gasteiger partial charge in [-0.1, -0.05) is 18.2 Å². The highest BCUT2D eigenvalue weighted by Gasteiger charge is 2.22. The molecular weight excluding hydrogens is 520 g/mol. The average Bonchev–Trinajstić information content (AvgIpc) is 3.40. The van der Waals surface area contributed by atoms with E-state index >= 15 is 0 Å². The second kappa shape index (κ2) is 11.9. The van der Waals surface area contributed by atoms with Crippen LogP contribution in [0.5, 0.6) is 0 Å². The van der Waals surface area contributed by atoms with Gasteiger partial charge in [0, 0.05) is 47.7 Å². The molecule has 208 valence electrons. The number of anilines is 1. The number of carbonyl (C=O) groups is 2. The van der Waals surface area contributed by atoms with E-state index in [0.717, 1.165) is 35.7 Å². The summed E-state index contributed by atoms with van der Waals surface area (Å²) in [5.74, 6) is -0.455. The molecule has 0 radical (unpaired) electrons. The molecule has 1 amide bonds. The molecule has 1 aromatic carbocycles. The lowest BCUT2D eigenvalue weighted by molar-refractivity contribution is -0.166. The Balaban J connectivity index is 1.18. The minimum atomic E-state index is -0.239. The van der Waals surface area contributed by atoms with Gasteiger partial charge in [0.25, 0.3) is 0 Å². The predicted molar refractivity (Wildman–Crippen MR) is 154 cm³/mol. The zero-order valence-corrected chi connectivity index (χ0v) is 22.7. The van der Waals surface area contributed by atoms with E-state index in [9.17, 15) is 9.59 Å². The lowest BCUT2D eigenvalue weighted by atomic mass is 10.1. The summed E-state index contributed by atoms with van der Waals surface area (Å²) in [4.78, 5) is 43.7. The van der Waals surface area contributed by atoms with Crippen LogP contribution in [-0.2, 0) is 20.7 Å². The first kappa shape index (κ1) is 26.7. The fraction of sp³-hybridized carbons (Fsp3) is 0.290. The van der Waals surface area contributed by atoms with Crippen molar-refractivity contribution in [3.8, 4) is 0 Å². The molecule has 41 heavy (non-hydrogen) atoms. The number of pyridine rings is 2. The number of fused-ring (bicyclic) bond motifs is 2. The van der Waals surface area contributed by atoms with Gasteiger partial charge in [-0.25, -0.2) is 9.97 Å². The Morgan fingerprint density at radius 2 is 2.05 bits per heavy atom. The molecule has 1 N–H and O–H groups in total. The third-order valence-electron chi connectivity index (χ3n) is 7.19. The molecule has 10 nitrogen and oxygen atoms in total. The maximum absolute atomic E-state index is 13.7. The molecule has 0 spiro atoms. The number of amides is 1. The van der Waals surface area contributed by atoms with Crippen molar-refractivity contribution in [2.24, 2.45) is 0 Å². The summed E-state index contributed by atoms with van der Waals surface area (Å²) in [7, 11) is 0. The topological polar surface area (TPSA) is 121 Å². The van der Waals surface area contributed by atoms with E-state index in [-0.39, 0.29) is 30.4 Å². The van der Waals surface area contributed by atoms with Crippen LogP contribution in [0.3, 0.4) is 0 Å². The molecule has 2 atom stereocenters. The molecule has 10 heteroatoms. The number of hydrogen-bond donors (Lipinski definition) is 1. The third kappa shape index (κ3) is 5.98. The number of rotatable bonds is 9. The highest BCUT2D eigenvalue weighted by molar-refractivity contribution is 6.16. The van der Waals surface area contributed by atoms with Crippen LogP contribution in [0.25, 0.3) is 21.9 Å². The first-order valence-electron chi connectivity index (χ1n) is 13.7. The highest BCUT2D eigenvalue weighted by atomic mass is 16.7. The molecule has 6 rings (SSSR count). The van der Waals surface area contributed by atoms with Gasteiger partial charge in [0.05, 0.1) is 42.0 Å². The zero-order valence-electron chi connectivity index (χ0n) is 22.7. The van der Waals surface area contributed by atoms with Crippen molar-refractivity contribution in [3.63, 3.8) is 0 Å². The van der Waals surface area contributed by atoms with E-state index in [0.29, 0.717) is 41.1 Å². The van der Waals surface area contributed by atoms with Crippen molar-refractivity contribution in [2.75, 3.05) is 18.5 Å². The van der Waals surface area contributed by atoms with E-state index in [1.54, 1.807) is 24.7 Å². The first-order chi connectivity index (χ1) is 20.0. The van der Waals surface area contributed by atoms with E-state index in [1.807, 2.05) is 41.8 Å².